The lowest BCUT2D eigenvalue weighted by atomic mass is 9.91. The van der Waals surface area contributed by atoms with Crippen molar-refractivity contribution in [2.24, 2.45) is 0 Å². The van der Waals surface area contributed by atoms with Gasteiger partial charge in [0.15, 0.2) is 0 Å². The predicted molar refractivity (Wildman–Crippen MR) is 82.1 cm³/mol. The van der Waals surface area contributed by atoms with Crippen molar-refractivity contribution < 1.29 is 14.3 Å². The van der Waals surface area contributed by atoms with Crippen LogP contribution in [0.2, 0.25) is 0 Å². The van der Waals surface area contributed by atoms with Crippen LogP contribution >= 0.6 is 0 Å². The highest BCUT2D eigenvalue weighted by atomic mass is 16.6. The van der Waals surface area contributed by atoms with Crippen molar-refractivity contribution in [3.63, 3.8) is 0 Å². The molecule has 0 unspecified atom stereocenters. The predicted octanol–water partition coefficient (Wildman–Crippen LogP) is 1.50. The van der Waals surface area contributed by atoms with E-state index in [1.54, 1.807) is 19.0 Å². The molecule has 0 aliphatic heterocycles. The van der Waals surface area contributed by atoms with Crippen LogP contribution in [0.25, 0.3) is 0 Å². The van der Waals surface area contributed by atoms with Crippen molar-refractivity contribution in [2.45, 2.75) is 64.1 Å². The summed E-state index contributed by atoms with van der Waals surface area (Å²) in [5.74, 6) is 0.0870. The molecule has 0 bridgehead atoms. The Kier molecular flexibility index (Phi) is 6.45. The van der Waals surface area contributed by atoms with Gasteiger partial charge in [-0.2, -0.15) is 0 Å². The standard InChI is InChI=1S/C15H29N3O3/c1-15(2,3)21-14(20)17-12-8-6-11(7-9-12)16-10-13(19)18(4)5/h11-12,16H,6-10H2,1-5H3,(H,17,20). The van der Waals surface area contributed by atoms with Gasteiger partial charge in [0.05, 0.1) is 6.54 Å². The second kappa shape index (κ2) is 7.64. The highest BCUT2D eigenvalue weighted by molar-refractivity contribution is 5.77. The van der Waals surface area contributed by atoms with E-state index in [0.29, 0.717) is 12.6 Å². The maximum Gasteiger partial charge on any atom is 0.407 e. The summed E-state index contributed by atoms with van der Waals surface area (Å²) in [7, 11) is 3.51. The molecule has 1 rings (SSSR count). The maximum absolute atomic E-state index is 11.7. The van der Waals surface area contributed by atoms with Gasteiger partial charge in [0, 0.05) is 26.2 Å². The first kappa shape index (κ1) is 17.8. The lowest BCUT2D eigenvalue weighted by Gasteiger charge is -2.30. The normalized spacial score (nSPS) is 22.5. The molecule has 2 amide bonds. The monoisotopic (exact) mass is 299 g/mol. The lowest BCUT2D eigenvalue weighted by Crippen LogP contribution is -2.45. The molecular formula is C15H29N3O3. The van der Waals surface area contributed by atoms with Gasteiger partial charge in [-0.1, -0.05) is 0 Å². The fraction of sp³-hybridized carbons (Fsp3) is 0.867. The largest absolute Gasteiger partial charge is 0.444 e. The maximum atomic E-state index is 11.7. The van der Waals surface area contributed by atoms with Crippen LogP contribution in [0, 0.1) is 0 Å². The van der Waals surface area contributed by atoms with Crippen LogP contribution in [0.3, 0.4) is 0 Å². The number of alkyl carbamates (subject to hydrolysis) is 1. The van der Waals surface area contributed by atoms with Gasteiger partial charge in [-0.25, -0.2) is 4.79 Å². The molecule has 0 heterocycles. The second-order valence-corrected chi connectivity index (χ2v) is 6.86. The fourth-order valence-corrected chi connectivity index (χ4v) is 2.31. The van der Waals surface area contributed by atoms with E-state index >= 15 is 0 Å². The Morgan fingerprint density at radius 3 is 2.10 bits per heavy atom. The lowest BCUT2D eigenvalue weighted by molar-refractivity contribution is -0.127. The highest BCUT2D eigenvalue weighted by Crippen LogP contribution is 2.19. The molecule has 6 heteroatoms. The van der Waals surface area contributed by atoms with Gasteiger partial charge in [-0.3, -0.25) is 4.79 Å². The first-order valence-electron chi connectivity index (χ1n) is 7.60. The van der Waals surface area contributed by atoms with Crippen molar-refractivity contribution in [3.05, 3.63) is 0 Å². The smallest absolute Gasteiger partial charge is 0.407 e. The Bertz CT molecular complexity index is 356. The molecule has 1 fully saturated rings. The Labute approximate surface area is 127 Å². The number of carbonyl (C=O) groups excluding carboxylic acids is 2. The number of ether oxygens (including phenoxy) is 1. The van der Waals surface area contributed by atoms with E-state index < -0.39 is 5.60 Å². The first-order valence-corrected chi connectivity index (χ1v) is 7.60. The molecular weight excluding hydrogens is 270 g/mol. The van der Waals surface area contributed by atoms with Crippen LogP contribution in [0.4, 0.5) is 4.79 Å². The Balaban J connectivity index is 2.23. The van der Waals surface area contributed by atoms with Crippen molar-refractivity contribution in [1.29, 1.82) is 0 Å². The van der Waals surface area contributed by atoms with Crippen molar-refractivity contribution >= 4 is 12.0 Å². The SMILES string of the molecule is CN(C)C(=O)CNC1CCC(NC(=O)OC(C)(C)C)CC1. The summed E-state index contributed by atoms with van der Waals surface area (Å²) in [4.78, 5) is 24.8. The molecule has 0 atom stereocenters. The molecule has 1 aliphatic rings. The zero-order valence-corrected chi connectivity index (χ0v) is 13.9. The molecule has 0 spiro atoms. The second-order valence-electron chi connectivity index (χ2n) is 6.86. The Morgan fingerprint density at radius 2 is 1.62 bits per heavy atom. The minimum Gasteiger partial charge on any atom is -0.444 e. The van der Waals surface area contributed by atoms with Gasteiger partial charge in [-0.15, -0.1) is 0 Å². The zero-order chi connectivity index (χ0) is 16.0. The molecule has 0 aromatic carbocycles. The summed E-state index contributed by atoms with van der Waals surface area (Å²) in [6, 6.07) is 0.521. The number of hydrogen-bond acceptors (Lipinski definition) is 4. The summed E-state index contributed by atoms with van der Waals surface area (Å²) >= 11 is 0. The number of nitrogens with zero attached hydrogens (tertiary/aromatic N) is 1. The zero-order valence-electron chi connectivity index (χ0n) is 13.9. The molecule has 0 aromatic heterocycles. The van der Waals surface area contributed by atoms with Gasteiger partial charge in [-0.05, 0) is 46.5 Å². The van der Waals surface area contributed by atoms with E-state index in [0.717, 1.165) is 25.7 Å². The third kappa shape index (κ3) is 7.32. The molecule has 1 aliphatic carbocycles. The van der Waals surface area contributed by atoms with Gasteiger partial charge in [0.2, 0.25) is 5.91 Å². The number of carbonyl (C=O) groups is 2. The van der Waals surface area contributed by atoms with Crippen molar-refractivity contribution in [1.82, 2.24) is 15.5 Å². The molecule has 2 N–H and O–H groups in total. The molecule has 21 heavy (non-hydrogen) atoms. The van der Waals surface area contributed by atoms with Crippen LogP contribution in [0.15, 0.2) is 0 Å². The van der Waals surface area contributed by atoms with E-state index in [1.807, 2.05) is 20.8 Å². The van der Waals surface area contributed by atoms with Crippen molar-refractivity contribution in [2.75, 3.05) is 20.6 Å². The molecule has 122 valence electrons. The van der Waals surface area contributed by atoms with E-state index in [1.165, 1.54) is 0 Å². The topological polar surface area (TPSA) is 70.7 Å². The molecule has 1 saturated carbocycles. The van der Waals surface area contributed by atoms with Gasteiger partial charge in [0.25, 0.3) is 0 Å². The van der Waals surface area contributed by atoms with Crippen molar-refractivity contribution in [3.8, 4) is 0 Å². The Hall–Kier alpha value is -1.30. The van der Waals surface area contributed by atoms with E-state index in [-0.39, 0.29) is 18.0 Å². The number of nitrogens with one attached hydrogen (secondary N) is 2. The molecule has 0 aromatic rings. The van der Waals surface area contributed by atoms with Crippen LogP contribution in [0.5, 0.6) is 0 Å². The van der Waals surface area contributed by atoms with Gasteiger partial charge in [0.1, 0.15) is 5.60 Å². The van der Waals surface area contributed by atoms with E-state index in [4.69, 9.17) is 4.74 Å². The summed E-state index contributed by atoms with van der Waals surface area (Å²) in [6.07, 6.45) is 3.39. The number of rotatable bonds is 4. The summed E-state index contributed by atoms with van der Waals surface area (Å²) in [6.45, 7) is 5.95. The van der Waals surface area contributed by atoms with Crippen LogP contribution in [-0.2, 0) is 9.53 Å². The number of hydrogen-bond donors (Lipinski definition) is 2. The van der Waals surface area contributed by atoms with Crippen LogP contribution < -0.4 is 10.6 Å². The average Bonchev–Trinajstić information content (AvgIpc) is 2.35. The third-order valence-corrected chi connectivity index (χ3v) is 3.49. The van der Waals surface area contributed by atoms with E-state index in [2.05, 4.69) is 10.6 Å². The quantitative estimate of drug-likeness (QED) is 0.825. The summed E-state index contributed by atoms with van der Waals surface area (Å²) in [5, 5.41) is 6.19. The minimum atomic E-state index is -0.463. The molecule has 0 saturated heterocycles. The number of amides is 2. The fourth-order valence-electron chi connectivity index (χ4n) is 2.31. The first-order chi connectivity index (χ1) is 9.67. The molecule has 6 nitrogen and oxygen atoms in total. The minimum absolute atomic E-state index is 0.0870. The van der Waals surface area contributed by atoms with E-state index in [9.17, 15) is 9.59 Å². The summed E-state index contributed by atoms with van der Waals surface area (Å²) in [5.41, 5.74) is -0.463. The third-order valence-electron chi connectivity index (χ3n) is 3.49. The number of likely N-dealkylation sites (N-methyl/N-ethyl adjacent to an activating group) is 1. The van der Waals surface area contributed by atoms with Gasteiger partial charge >= 0.3 is 6.09 Å². The highest BCUT2D eigenvalue weighted by Gasteiger charge is 2.24. The van der Waals surface area contributed by atoms with Crippen LogP contribution in [0.1, 0.15) is 46.5 Å². The summed E-state index contributed by atoms with van der Waals surface area (Å²) < 4.78 is 5.26. The Morgan fingerprint density at radius 1 is 1.10 bits per heavy atom. The molecule has 0 radical (unpaired) electrons. The van der Waals surface area contributed by atoms with Crippen LogP contribution in [-0.4, -0.2) is 55.2 Å². The van der Waals surface area contributed by atoms with Gasteiger partial charge < -0.3 is 20.3 Å². The average molecular weight is 299 g/mol.